The molecule has 1 unspecified atom stereocenters. The average molecular weight is 1140 g/mol. The standard InChI is InChI=1S/C80H162O/c1-8-15-22-29-36-43-44-45-46-47-48-49-55-62-69-76-79(74-67-60-53-40-33-26-19-12-5,75-68-61-54-41-34-27-20-13-6)80(81,77-70-63-56-42-35-28-21-14-7)78(71-64-57-50-37-30-23-16-9-2,72-65-58-51-38-31-24-17-10-3)73-66-59-52-39-32-25-18-11-4/h81H,8-77H2,1-7H3. The van der Waals surface area contributed by atoms with Crippen molar-refractivity contribution in [3.63, 3.8) is 0 Å². The highest BCUT2D eigenvalue weighted by Crippen LogP contribution is 2.61. The molecule has 81 heavy (non-hydrogen) atoms. The van der Waals surface area contributed by atoms with E-state index in [4.69, 9.17) is 0 Å². The monoisotopic (exact) mass is 1140 g/mol. The highest BCUT2D eigenvalue weighted by Gasteiger charge is 2.59. The number of rotatable bonds is 72. The topological polar surface area (TPSA) is 20.2 Å². The second-order valence-electron chi connectivity index (χ2n) is 28.5. The summed E-state index contributed by atoms with van der Waals surface area (Å²) in [6, 6.07) is 0. The minimum Gasteiger partial charge on any atom is -0.389 e. The Kier molecular flexibility index (Phi) is 64.4. The molecule has 0 saturated heterocycles. The summed E-state index contributed by atoms with van der Waals surface area (Å²) >= 11 is 0. The first-order valence-corrected chi connectivity index (χ1v) is 39.6. The summed E-state index contributed by atoms with van der Waals surface area (Å²) in [5, 5.41) is 15.4. The van der Waals surface area contributed by atoms with Crippen molar-refractivity contribution in [2.45, 2.75) is 504 Å². The van der Waals surface area contributed by atoms with E-state index in [1.54, 1.807) is 0 Å². The van der Waals surface area contributed by atoms with Crippen LogP contribution in [0.3, 0.4) is 0 Å². The fraction of sp³-hybridized carbons (Fsp3) is 1.00. The van der Waals surface area contributed by atoms with E-state index in [-0.39, 0.29) is 10.8 Å². The van der Waals surface area contributed by atoms with E-state index in [0.717, 1.165) is 6.42 Å². The molecule has 0 radical (unpaired) electrons. The largest absolute Gasteiger partial charge is 0.389 e. The molecule has 0 aliphatic rings. The van der Waals surface area contributed by atoms with Crippen LogP contribution in [0.5, 0.6) is 0 Å². The van der Waals surface area contributed by atoms with Gasteiger partial charge in [0, 0.05) is 0 Å². The third kappa shape index (κ3) is 46.7. The average Bonchev–Trinajstić information content (AvgIpc) is 3.61. The Hall–Kier alpha value is -0.0400. The van der Waals surface area contributed by atoms with E-state index in [0.29, 0.717) is 0 Å². The molecule has 0 fully saturated rings. The van der Waals surface area contributed by atoms with Crippen LogP contribution >= 0.6 is 0 Å². The molecular formula is C80H162O. The van der Waals surface area contributed by atoms with E-state index in [1.807, 2.05) is 0 Å². The molecule has 0 aliphatic carbocycles. The van der Waals surface area contributed by atoms with Gasteiger partial charge in [-0.15, -0.1) is 0 Å². The summed E-state index contributed by atoms with van der Waals surface area (Å²) in [5.74, 6) is 0. The zero-order valence-corrected chi connectivity index (χ0v) is 58.4. The fourth-order valence-electron chi connectivity index (χ4n) is 15.4. The summed E-state index contributed by atoms with van der Waals surface area (Å²) < 4.78 is 0. The Labute approximate surface area is 516 Å². The SMILES string of the molecule is CCCCCCCCCCCCCCCCCC(CCCCCCCCCC)(CCCCCCCCCC)C(O)(CCCCCCCCCC)C(CCCCCCCCCC)(CCCCCCCCCC)CCCCCCCCCC. The lowest BCUT2D eigenvalue weighted by Gasteiger charge is -2.60. The Balaban J connectivity index is 7.49. The minimum absolute atomic E-state index is 0.0372. The molecule has 0 heterocycles. The van der Waals surface area contributed by atoms with Crippen molar-refractivity contribution in [2.75, 3.05) is 0 Å². The van der Waals surface area contributed by atoms with Gasteiger partial charge in [0.05, 0.1) is 5.60 Å². The first kappa shape index (κ1) is 81.0. The maximum Gasteiger partial charge on any atom is 0.0759 e. The minimum atomic E-state index is -0.580. The fourth-order valence-corrected chi connectivity index (χ4v) is 15.4. The van der Waals surface area contributed by atoms with Crippen molar-refractivity contribution in [1.29, 1.82) is 0 Å². The summed E-state index contributed by atoms with van der Waals surface area (Å²) in [4.78, 5) is 0. The molecule has 1 nitrogen and oxygen atoms in total. The van der Waals surface area contributed by atoms with Gasteiger partial charge in [-0.3, -0.25) is 0 Å². The van der Waals surface area contributed by atoms with E-state index >= 15 is 5.11 Å². The molecule has 0 aliphatic heterocycles. The third-order valence-electron chi connectivity index (χ3n) is 21.0. The second-order valence-corrected chi connectivity index (χ2v) is 28.5. The van der Waals surface area contributed by atoms with Crippen molar-refractivity contribution in [3.8, 4) is 0 Å². The predicted octanol–water partition coefficient (Wildman–Crippen LogP) is 30.1. The Bertz CT molecular complexity index is 1070. The van der Waals surface area contributed by atoms with E-state index in [9.17, 15) is 0 Å². The van der Waals surface area contributed by atoms with Crippen LogP contribution in [0.2, 0.25) is 0 Å². The number of aliphatic hydroxyl groups is 1. The molecule has 0 aromatic rings. The van der Waals surface area contributed by atoms with E-state index in [1.165, 1.54) is 443 Å². The molecule has 1 N–H and O–H groups in total. The summed E-state index contributed by atoms with van der Waals surface area (Å²) in [6.07, 6.45) is 97.3. The van der Waals surface area contributed by atoms with Gasteiger partial charge in [-0.25, -0.2) is 0 Å². The molecule has 0 aromatic heterocycles. The molecule has 1 atom stereocenters. The molecular weight excluding hydrogens is 977 g/mol. The summed E-state index contributed by atoms with van der Waals surface area (Å²) in [7, 11) is 0. The summed E-state index contributed by atoms with van der Waals surface area (Å²) in [6.45, 7) is 16.6. The van der Waals surface area contributed by atoms with Crippen molar-refractivity contribution in [2.24, 2.45) is 10.8 Å². The van der Waals surface area contributed by atoms with Gasteiger partial charge in [-0.2, -0.15) is 0 Å². The molecule has 0 saturated carbocycles. The lowest BCUT2D eigenvalue weighted by Crippen LogP contribution is -2.60. The van der Waals surface area contributed by atoms with Crippen molar-refractivity contribution in [1.82, 2.24) is 0 Å². The van der Waals surface area contributed by atoms with Gasteiger partial charge in [0.25, 0.3) is 0 Å². The molecule has 0 rings (SSSR count). The second kappa shape index (κ2) is 64.4. The number of hydrogen-bond acceptors (Lipinski definition) is 1. The molecule has 0 amide bonds. The lowest BCUT2D eigenvalue weighted by molar-refractivity contribution is -0.203. The van der Waals surface area contributed by atoms with Crippen LogP contribution in [0.1, 0.15) is 498 Å². The molecule has 0 bridgehead atoms. The number of hydrogen-bond donors (Lipinski definition) is 1. The first-order chi connectivity index (χ1) is 39.9. The van der Waals surface area contributed by atoms with Crippen molar-refractivity contribution >= 4 is 0 Å². The van der Waals surface area contributed by atoms with Crippen LogP contribution in [0, 0.1) is 10.8 Å². The highest BCUT2D eigenvalue weighted by atomic mass is 16.3. The highest BCUT2D eigenvalue weighted by molar-refractivity contribution is 5.10. The molecule has 0 aromatic carbocycles. The van der Waals surface area contributed by atoms with Crippen LogP contribution in [0.15, 0.2) is 0 Å². The molecule has 1 heteroatoms. The van der Waals surface area contributed by atoms with Crippen LogP contribution < -0.4 is 0 Å². The van der Waals surface area contributed by atoms with Gasteiger partial charge in [0.2, 0.25) is 0 Å². The Morgan fingerprint density at radius 1 is 0.136 bits per heavy atom. The first-order valence-electron chi connectivity index (χ1n) is 39.6. The zero-order valence-electron chi connectivity index (χ0n) is 58.4. The third-order valence-corrected chi connectivity index (χ3v) is 21.0. The van der Waals surface area contributed by atoms with Crippen LogP contribution in [-0.2, 0) is 0 Å². The zero-order chi connectivity index (χ0) is 59.0. The van der Waals surface area contributed by atoms with Gasteiger partial charge in [0.15, 0.2) is 0 Å². The smallest absolute Gasteiger partial charge is 0.0759 e. The van der Waals surface area contributed by atoms with Crippen LogP contribution in [0.25, 0.3) is 0 Å². The van der Waals surface area contributed by atoms with Gasteiger partial charge in [0.1, 0.15) is 0 Å². The maximum absolute atomic E-state index is 15.4. The molecule has 488 valence electrons. The van der Waals surface area contributed by atoms with E-state index < -0.39 is 5.60 Å². The van der Waals surface area contributed by atoms with E-state index in [2.05, 4.69) is 48.5 Å². The normalized spacial score (nSPS) is 13.0. The molecule has 0 spiro atoms. The predicted molar refractivity (Wildman–Crippen MR) is 373 cm³/mol. The Morgan fingerprint density at radius 3 is 0.358 bits per heavy atom. The van der Waals surface area contributed by atoms with Gasteiger partial charge < -0.3 is 5.11 Å². The quantitative estimate of drug-likeness (QED) is 0.0602. The van der Waals surface area contributed by atoms with Gasteiger partial charge in [-0.1, -0.05) is 453 Å². The summed E-state index contributed by atoms with van der Waals surface area (Å²) in [5.41, 5.74) is -0.504. The lowest BCUT2D eigenvalue weighted by atomic mass is 9.48. The van der Waals surface area contributed by atoms with Crippen molar-refractivity contribution < 1.29 is 5.11 Å². The van der Waals surface area contributed by atoms with Crippen LogP contribution in [-0.4, -0.2) is 10.7 Å². The van der Waals surface area contributed by atoms with Crippen molar-refractivity contribution in [3.05, 3.63) is 0 Å². The maximum atomic E-state index is 15.4. The van der Waals surface area contributed by atoms with Gasteiger partial charge >= 0.3 is 0 Å². The Morgan fingerprint density at radius 2 is 0.235 bits per heavy atom. The van der Waals surface area contributed by atoms with Gasteiger partial charge in [-0.05, 0) is 55.8 Å². The number of unbranched alkanes of at least 4 members (excludes halogenated alkanes) is 56. The van der Waals surface area contributed by atoms with Crippen LogP contribution in [0.4, 0.5) is 0 Å².